The van der Waals surface area contributed by atoms with Crippen LogP contribution in [0.25, 0.3) is 0 Å². The van der Waals surface area contributed by atoms with Gasteiger partial charge in [0.25, 0.3) is 0 Å². The fourth-order valence-electron chi connectivity index (χ4n) is 1.29. The third-order valence-electron chi connectivity index (χ3n) is 2.39. The maximum atomic E-state index is 11.2. The van der Waals surface area contributed by atoms with Crippen LogP contribution in [0.15, 0.2) is 12.7 Å². The van der Waals surface area contributed by atoms with Crippen molar-refractivity contribution in [3.05, 3.63) is 12.7 Å². The highest BCUT2D eigenvalue weighted by Gasteiger charge is 2.06. The molecule has 0 spiro atoms. The molecule has 16 heavy (non-hydrogen) atoms. The summed E-state index contributed by atoms with van der Waals surface area (Å²) in [6.07, 6.45) is 4.58. The number of hydrogen-bond acceptors (Lipinski definition) is 2. The topological polar surface area (TPSA) is 66.4 Å². The minimum absolute atomic E-state index is 0.0327. The number of rotatable bonds is 9. The van der Waals surface area contributed by atoms with E-state index in [-0.39, 0.29) is 12.3 Å². The molecule has 0 bridgehead atoms. The number of allylic oxidation sites excluding steroid dienone is 1. The molecule has 0 aliphatic rings. The lowest BCUT2D eigenvalue weighted by Gasteiger charge is -2.10. The molecule has 0 rings (SSSR count). The molecule has 0 heterocycles. The van der Waals surface area contributed by atoms with E-state index in [0.717, 1.165) is 6.42 Å². The number of aliphatic carboxylic acids is 1. The van der Waals surface area contributed by atoms with Crippen LogP contribution in [-0.2, 0) is 9.59 Å². The van der Waals surface area contributed by atoms with Crippen molar-refractivity contribution in [1.82, 2.24) is 5.32 Å². The standard InChI is InChI=1S/C12H21NO3/c1-3-4-5-11(14)13-9-8-10(2)6-7-12(15)16/h3,10H,1,4-9H2,2H3,(H,13,14)(H,15,16). The van der Waals surface area contributed by atoms with Crippen LogP contribution in [0.4, 0.5) is 0 Å². The van der Waals surface area contributed by atoms with Gasteiger partial charge < -0.3 is 10.4 Å². The molecule has 4 heteroatoms. The van der Waals surface area contributed by atoms with Crippen LogP contribution in [0.3, 0.4) is 0 Å². The van der Waals surface area contributed by atoms with Gasteiger partial charge in [-0.3, -0.25) is 9.59 Å². The fraction of sp³-hybridized carbons (Fsp3) is 0.667. The van der Waals surface area contributed by atoms with Gasteiger partial charge in [0.15, 0.2) is 0 Å². The Morgan fingerprint density at radius 3 is 2.62 bits per heavy atom. The summed E-state index contributed by atoms with van der Waals surface area (Å²) >= 11 is 0. The van der Waals surface area contributed by atoms with Gasteiger partial charge in [0.1, 0.15) is 0 Å². The molecular formula is C12H21NO3. The van der Waals surface area contributed by atoms with Crippen molar-refractivity contribution >= 4 is 11.9 Å². The van der Waals surface area contributed by atoms with E-state index in [1.165, 1.54) is 0 Å². The van der Waals surface area contributed by atoms with Crippen LogP contribution in [0.5, 0.6) is 0 Å². The van der Waals surface area contributed by atoms with Crippen LogP contribution in [0.1, 0.15) is 39.0 Å². The van der Waals surface area contributed by atoms with E-state index in [0.29, 0.717) is 31.7 Å². The Morgan fingerprint density at radius 1 is 1.38 bits per heavy atom. The fourth-order valence-corrected chi connectivity index (χ4v) is 1.29. The van der Waals surface area contributed by atoms with E-state index in [9.17, 15) is 9.59 Å². The lowest BCUT2D eigenvalue weighted by molar-refractivity contribution is -0.137. The number of hydrogen-bond donors (Lipinski definition) is 2. The molecule has 0 saturated carbocycles. The molecule has 0 aliphatic heterocycles. The second-order valence-electron chi connectivity index (χ2n) is 4.00. The summed E-state index contributed by atoms with van der Waals surface area (Å²) in [5.41, 5.74) is 0. The first-order valence-corrected chi connectivity index (χ1v) is 5.65. The molecular weight excluding hydrogens is 206 g/mol. The Kier molecular flexibility index (Phi) is 8.21. The van der Waals surface area contributed by atoms with Crippen molar-refractivity contribution in [3.63, 3.8) is 0 Å². The first-order valence-electron chi connectivity index (χ1n) is 5.65. The predicted octanol–water partition coefficient (Wildman–Crippen LogP) is 1.96. The molecule has 2 N–H and O–H groups in total. The molecule has 0 aromatic carbocycles. The quantitative estimate of drug-likeness (QED) is 0.592. The number of carboxylic acid groups (broad SMARTS) is 1. The number of carboxylic acids is 1. The number of amides is 1. The van der Waals surface area contributed by atoms with Gasteiger partial charge in [0.2, 0.25) is 5.91 Å². The number of carbonyl (C=O) groups excluding carboxylic acids is 1. The van der Waals surface area contributed by atoms with Gasteiger partial charge in [0.05, 0.1) is 0 Å². The van der Waals surface area contributed by atoms with Gasteiger partial charge in [0, 0.05) is 19.4 Å². The Labute approximate surface area is 96.7 Å². The van der Waals surface area contributed by atoms with Crippen LogP contribution in [0.2, 0.25) is 0 Å². The van der Waals surface area contributed by atoms with Crippen LogP contribution >= 0.6 is 0 Å². The van der Waals surface area contributed by atoms with Crippen LogP contribution < -0.4 is 5.32 Å². The number of nitrogens with one attached hydrogen (secondary N) is 1. The largest absolute Gasteiger partial charge is 0.481 e. The first-order chi connectivity index (χ1) is 7.56. The van der Waals surface area contributed by atoms with Crippen molar-refractivity contribution in [3.8, 4) is 0 Å². The van der Waals surface area contributed by atoms with Gasteiger partial charge in [-0.2, -0.15) is 0 Å². The monoisotopic (exact) mass is 227 g/mol. The van der Waals surface area contributed by atoms with E-state index < -0.39 is 5.97 Å². The van der Waals surface area contributed by atoms with Gasteiger partial charge >= 0.3 is 5.97 Å². The van der Waals surface area contributed by atoms with E-state index in [1.54, 1.807) is 6.08 Å². The summed E-state index contributed by atoms with van der Waals surface area (Å²) in [7, 11) is 0. The Hall–Kier alpha value is -1.32. The van der Waals surface area contributed by atoms with E-state index >= 15 is 0 Å². The Bertz CT molecular complexity index is 238. The molecule has 1 atom stereocenters. The van der Waals surface area contributed by atoms with Gasteiger partial charge in [-0.25, -0.2) is 0 Å². The third kappa shape index (κ3) is 9.24. The first kappa shape index (κ1) is 14.7. The molecule has 0 fully saturated rings. The summed E-state index contributed by atoms with van der Waals surface area (Å²) in [5.74, 6) is -0.400. The molecule has 0 saturated heterocycles. The Balaban J connectivity index is 3.45. The Morgan fingerprint density at radius 2 is 2.06 bits per heavy atom. The van der Waals surface area contributed by atoms with Gasteiger partial charge in [-0.15, -0.1) is 6.58 Å². The minimum Gasteiger partial charge on any atom is -0.481 e. The molecule has 1 amide bonds. The second kappa shape index (κ2) is 8.95. The summed E-state index contributed by atoms with van der Waals surface area (Å²) in [6.45, 7) is 6.17. The molecule has 4 nitrogen and oxygen atoms in total. The highest BCUT2D eigenvalue weighted by Crippen LogP contribution is 2.09. The zero-order chi connectivity index (χ0) is 12.4. The zero-order valence-electron chi connectivity index (χ0n) is 9.87. The van der Waals surface area contributed by atoms with Gasteiger partial charge in [-0.1, -0.05) is 13.0 Å². The van der Waals surface area contributed by atoms with E-state index in [4.69, 9.17) is 5.11 Å². The van der Waals surface area contributed by atoms with E-state index in [2.05, 4.69) is 11.9 Å². The van der Waals surface area contributed by atoms with Crippen molar-refractivity contribution in [1.29, 1.82) is 0 Å². The zero-order valence-corrected chi connectivity index (χ0v) is 9.87. The minimum atomic E-state index is -0.762. The molecule has 0 aliphatic carbocycles. The summed E-state index contributed by atoms with van der Waals surface area (Å²) in [6, 6.07) is 0. The lowest BCUT2D eigenvalue weighted by atomic mass is 10.0. The predicted molar refractivity (Wildman–Crippen MR) is 63.1 cm³/mol. The average Bonchev–Trinajstić information content (AvgIpc) is 2.23. The van der Waals surface area contributed by atoms with Crippen molar-refractivity contribution < 1.29 is 14.7 Å². The summed E-state index contributed by atoms with van der Waals surface area (Å²) < 4.78 is 0. The van der Waals surface area contributed by atoms with Crippen molar-refractivity contribution in [2.75, 3.05) is 6.54 Å². The molecule has 92 valence electrons. The smallest absolute Gasteiger partial charge is 0.303 e. The molecule has 0 radical (unpaired) electrons. The SMILES string of the molecule is C=CCCC(=O)NCCC(C)CCC(=O)O. The summed E-state index contributed by atoms with van der Waals surface area (Å²) in [5, 5.41) is 11.3. The molecule has 1 unspecified atom stereocenters. The van der Waals surface area contributed by atoms with Gasteiger partial charge in [-0.05, 0) is 25.2 Å². The van der Waals surface area contributed by atoms with Crippen LogP contribution in [-0.4, -0.2) is 23.5 Å². The maximum absolute atomic E-state index is 11.2. The molecule has 0 aromatic heterocycles. The maximum Gasteiger partial charge on any atom is 0.303 e. The molecule has 0 aromatic rings. The van der Waals surface area contributed by atoms with Crippen molar-refractivity contribution in [2.45, 2.75) is 39.0 Å². The van der Waals surface area contributed by atoms with Crippen LogP contribution in [0, 0.1) is 5.92 Å². The lowest BCUT2D eigenvalue weighted by Crippen LogP contribution is -2.25. The average molecular weight is 227 g/mol. The highest BCUT2D eigenvalue weighted by molar-refractivity contribution is 5.75. The third-order valence-corrected chi connectivity index (χ3v) is 2.39. The van der Waals surface area contributed by atoms with E-state index in [1.807, 2.05) is 6.92 Å². The highest BCUT2D eigenvalue weighted by atomic mass is 16.4. The second-order valence-corrected chi connectivity index (χ2v) is 4.00. The van der Waals surface area contributed by atoms with Crippen molar-refractivity contribution in [2.24, 2.45) is 5.92 Å². The number of carbonyl (C=O) groups is 2. The summed E-state index contributed by atoms with van der Waals surface area (Å²) in [4.78, 5) is 21.5. The normalized spacial score (nSPS) is 11.8.